The molecule has 2 amide bonds. The molecule has 1 saturated carbocycles. The van der Waals surface area contributed by atoms with E-state index in [0.29, 0.717) is 15.7 Å². The van der Waals surface area contributed by atoms with Crippen molar-refractivity contribution in [1.29, 1.82) is 0 Å². The van der Waals surface area contributed by atoms with Gasteiger partial charge in [-0.15, -0.1) is 0 Å². The van der Waals surface area contributed by atoms with Crippen LogP contribution in [0.5, 0.6) is 0 Å². The Morgan fingerprint density at radius 1 is 1.38 bits per heavy atom. The van der Waals surface area contributed by atoms with Crippen LogP contribution < -0.4 is 16.2 Å². The van der Waals surface area contributed by atoms with Crippen LogP contribution in [0.3, 0.4) is 0 Å². The normalized spacial score (nSPS) is 14.7. The summed E-state index contributed by atoms with van der Waals surface area (Å²) in [4.78, 5) is 11.6. The van der Waals surface area contributed by atoms with E-state index in [4.69, 9.17) is 29.0 Å². The fourth-order valence-electron chi connectivity index (χ4n) is 1.22. The van der Waals surface area contributed by atoms with Crippen LogP contribution in [0.2, 0.25) is 10.0 Å². The van der Waals surface area contributed by atoms with Gasteiger partial charge in [0, 0.05) is 6.04 Å². The van der Waals surface area contributed by atoms with Gasteiger partial charge in [-0.3, -0.25) is 0 Å². The Morgan fingerprint density at radius 2 is 2.06 bits per heavy atom. The molecule has 0 saturated heterocycles. The quantitative estimate of drug-likeness (QED) is 0.487. The third-order valence-electron chi connectivity index (χ3n) is 2.31. The average molecular weight is 260 g/mol. The van der Waals surface area contributed by atoms with Gasteiger partial charge in [0.25, 0.3) is 0 Å². The van der Waals surface area contributed by atoms with Crippen LogP contribution in [0, 0.1) is 0 Å². The van der Waals surface area contributed by atoms with E-state index in [1.54, 1.807) is 18.2 Å². The molecule has 1 aromatic carbocycles. The summed E-state index contributed by atoms with van der Waals surface area (Å²) in [6.07, 6.45) is 2.03. The zero-order chi connectivity index (χ0) is 11.7. The molecule has 0 heterocycles. The summed E-state index contributed by atoms with van der Waals surface area (Å²) in [5, 5.41) is 4.60. The lowest BCUT2D eigenvalue weighted by Gasteiger charge is -2.17. The Hall–Kier alpha value is -0.970. The minimum atomic E-state index is -0.333. The number of urea groups is 1. The van der Waals surface area contributed by atoms with Gasteiger partial charge in [0.1, 0.15) is 0 Å². The molecule has 0 aromatic heterocycles. The first-order chi connectivity index (χ1) is 7.58. The standard InChI is InChI=1S/C10H11Cl2N3O/c11-8-4-3-7(5-9(8)12)15(13)10(16)14-6-1-2-6/h3-6H,1-2,13H2,(H,14,16). The number of nitrogens with one attached hydrogen (secondary N) is 1. The van der Waals surface area contributed by atoms with Crippen molar-refractivity contribution in [3.63, 3.8) is 0 Å². The molecule has 6 heteroatoms. The van der Waals surface area contributed by atoms with Gasteiger partial charge in [-0.25, -0.2) is 15.6 Å². The Bertz CT molecular complexity index is 421. The number of amides is 2. The van der Waals surface area contributed by atoms with Gasteiger partial charge in [0.15, 0.2) is 0 Å². The average Bonchev–Trinajstić information content (AvgIpc) is 3.05. The molecule has 0 aliphatic heterocycles. The molecular weight excluding hydrogens is 249 g/mol. The van der Waals surface area contributed by atoms with Crippen LogP contribution in [0.4, 0.5) is 10.5 Å². The van der Waals surface area contributed by atoms with Crippen molar-refractivity contribution < 1.29 is 4.79 Å². The van der Waals surface area contributed by atoms with Crippen LogP contribution >= 0.6 is 23.2 Å². The molecule has 2 rings (SSSR count). The van der Waals surface area contributed by atoms with E-state index in [0.717, 1.165) is 17.9 Å². The third-order valence-corrected chi connectivity index (χ3v) is 3.04. The van der Waals surface area contributed by atoms with E-state index in [1.807, 2.05) is 0 Å². The number of nitrogens with two attached hydrogens (primary N) is 1. The molecule has 0 atom stereocenters. The van der Waals surface area contributed by atoms with E-state index in [-0.39, 0.29) is 12.1 Å². The summed E-state index contributed by atoms with van der Waals surface area (Å²) < 4.78 is 0. The maximum absolute atomic E-state index is 11.6. The highest BCUT2D eigenvalue weighted by Gasteiger charge is 2.25. The van der Waals surface area contributed by atoms with Crippen LogP contribution in [0.15, 0.2) is 18.2 Å². The second-order valence-electron chi connectivity index (χ2n) is 3.69. The van der Waals surface area contributed by atoms with Crippen molar-refractivity contribution in [3.8, 4) is 0 Å². The van der Waals surface area contributed by atoms with Crippen molar-refractivity contribution in [3.05, 3.63) is 28.2 Å². The summed E-state index contributed by atoms with van der Waals surface area (Å²) in [6, 6.07) is 4.72. The smallest absolute Gasteiger partial charge is 0.334 e. The molecule has 0 spiro atoms. The Labute approximate surface area is 103 Å². The third kappa shape index (κ3) is 2.58. The van der Waals surface area contributed by atoms with Crippen LogP contribution in [-0.4, -0.2) is 12.1 Å². The Balaban J connectivity index is 2.09. The maximum atomic E-state index is 11.6. The predicted octanol–water partition coefficient (Wildman–Crippen LogP) is 2.55. The molecule has 1 fully saturated rings. The predicted molar refractivity (Wildman–Crippen MR) is 64.7 cm³/mol. The molecule has 86 valence electrons. The molecule has 16 heavy (non-hydrogen) atoms. The van der Waals surface area contributed by atoms with E-state index < -0.39 is 0 Å². The minimum Gasteiger partial charge on any atom is -0.334 e. The van der Waals surface area contributed by atoms with Crippen molar-refractivity contribution >= 4 is 34.9 Å². The number of hydrazine groups is 1. The molecule has 3 N–H and O–H groups in total. The van der Waals surface area contributed by atoms with Crippen molar-refractivity contribution in [1.82, 2.24) is 5.32 Å². The molecule has 1 aromatic rings. The first kappa shape index (κ1) is 11.5. The molecule has 0 radical (unpaired) electrons. The summed E-state index contributed by atoms with van der Waals surface area (Å²) >= 11 is 11.6. The number of carbonyl (C=O) groups is 1. The summed E-state index contributed by atoms with van der Waals surface area (Å²) in [5.41, 5.74) is 0.507. The van der Waals surface area contributed by atoms with E-state index >= 15 is 0 Å². The number of hydrogen-bond acceptors (Lipinski definition) is 2. The van der Waals surface area contributed by atoms with Crippen LogP contribution in [-0.2, 0) is 0 Å². The topological polar surface area (TPSA) is 58.4 Å². The van der Waals surface area contributed by atoms with E-state index in [1.165, 1.54) is 0 Å². The number of benzene rings is 1. The SMILES string of the molecule is NN(C(=O)NC1CC1)c1ccc(Cl)c(Cl)c1. The second kappa shape index (κ2) is 4.49. The van der Waals surface area contributed by atoms with Gasteiger partial charge in [-0.05, 0) is 31.0 Å². The van der Waals surface area contributed by atoms with Crippen LogP contribution in [0.25, 0.3) is 0 Å². The van der Waals surface area contributed by atoms with Gasteiger partial charge in [0.2, 0.25) is 0 Å². The lowest BCUT2D eigenvalue weighted by Crippen LogP contribution is -2.45. The highest BCUT2D eigenvalue weighted by molar-refractivity contribution is 6.42. The van der Waals surface area contributed by atoms with E-state index in [9.17, 15) is 4.79 Å². The molecule has 0 bridgehead atoms. The number of halogens is 2. The highest BCUT2D eigenvalue weighted by Crippen LogP contribution is 2.26. The number of anilines is 1. The molecule has 1 aliphatic carbocycles. The number of carbonyl (C=O) groups excluding carboxylic acids is 1. The van der Waals surface area contributed by atoms with E-state index in [2.05, 4.69) is 5.32 Å². The van der Waals surface area contributed by atoms with Crippen molar-refractivity contribution in [2.45, 2.75) is 18.9 Å². The fourth-order valence-corrected chi connectivity index (χ4v) is 1.52. The lowest BCUT2D eigenvalue weighted by atomic mass is 10.3. The summed E-state index contributed by atoms with van der Waals surface area (Å²) in [5.74, 6) is 5.65. The largest absolute Gasteiger partial charge is 0.336 e. The highest BCUT2D eigenvalue weighted by atomic mass is 35.5. The van der Waals surface area contributed by atoms with Crippen molar-refractivity contribution in [2.24, 2.45) is 5.84 Å². The lowest BCUT2D eigenvalue weighted by molar-refractivity contribution is 0.246. The zero-order valence-electron chi connectivity index (χ0n) is 8.41. The van der Waals surface area contributed by atoms with Gasteiger partial charge < -0.3 is 5.32 Å². The minimum absolute atomic E-state index is 0.265. The molecule has 4 nitrogen and oxygen atoms in total. The van der Waals surface area contributed by atoms with Crippen molar-refractivity contribution in [2.75, 3.05) is 5.01 Å². The number of nitrogens with zero attached hydrogens (tertiary/aromatic N) is 1. The Kier molecular flexibility index (Phi) is 3.23. The molecule has 0 unspecified atom stereocenters. The van der Waals surface area contributed by atoms with Crippen LogP contribution in [0.1, 0.15) is 12.8 Å². The van der Waals surface area contributed by atoms with Gasteiger partial charge >= 0.3 is 6.03 Å². The number of hydrogen-bond donors (Lipinski definition) is 2. The summed E-state index contributed by atoms with van der Waals surface area (Å²) in [6.45, 7) is 0. The number of rotatable bonds is 2. The fraction of sp³-hybridized carbons (Fsp3) is 0.300. The second-order valence-corrected chi connectivity index (χ2v) is 4.51. The van der Waals surface area contributed by atoms with Gasteiger partial charge in [0.05, 0.1) is 15.7 Å². The van der Waals surface area contributed by atoms with Gasteiger partial charge in [-0.2, -0.15) is 0 Å². The molecule has 1 aliphatic rings. The molecular formula is C10H11Cl2N3O. The maximum Gasteiger partial charge on any atom is 0.336 e. The monoisotopic (exact) mass is 259 g/mol. The van der Waals surface area contributed by atoms with Gasteiger partial charge in [-0.1, -0.05) is 23.2 Å². The first-order valence-corrected chi connectivity index (χ1v) is 5.64. The first-order valence-electron chi connectivity index (χ1n) is 4.88. The Morgan fingerprint density at radius 3 is 2.62 bits per heavy atom. The summed E-state index contributed by atoms with van der Waals surface area (Å²) in [7, 11) is 0. The zero-order valence-corrected chi connectivity index (χ0v) is 9.92.